The number of carbonyl (C=O) groups is 2. The van der Waals surface area contributed by atoms with Crippen LogP contribution in [0.25, 0.3) is 10.9 Å². The minimum absolute atomic E-state index is 0.0683. The summed E-state index contributed by atoms with van der Waals surface area (Å²) in [6, 6.07) is 3.37. The number of aromatic nitrogens is 2. The molecule has 5 rings (SSSR count). The van der Waals surface area contributed by atoms with E-state index in [0.29, 0.717) is 30.7 Å². The molecule has 2 saturated carbocycles. The molecule has 0 aromatic carbocycles. The summed E-state index contributed by atoms with van der Waals surface area (Å²) in [6.07, 6.45) is 4.78. The molecule has 0 radical (unpaired) electrons. The number of amides is 2. The number of pyridine rings is 2. The molecule has 3 heterocycles. The number of fused-ring (bicyclic) bond motifs is 2. The van der Waals surface area contributed by atoms with Crippen LogP contribution in [0.2, 0.25) is 0 Å². The summed E-state index contributed by atoms with van der Waals surface area (Å²) in [7, 11) is 0. The summed E-state index contributed by atoms with van der Waals surface area (Å²) in [5.74, 6) is 0.0838. The van der Waals surface area contributed by atoms with Crippen LogP contribution < -0.4 is 5.32 Å². The Balaban J connectivity index is 1.27. The van der Waals surface area contributed by atoms with Gasteiger partial charge in [-0.2, -0.15) is 0 Å². The highest BCUT2D eigenvalue weighted by atomic mass is 79.9. The average Bonchev–Trinajstić information content (AvgIpc) is 3.36. The van der Waals surface area contributed by atoms with Crippen molar-refractivity contribution in [2.24, 2.45) is 23.7 Å². The van der Waals surface area contributed by atoms with Crippen molar-refractivity contribution in [3.8, 4) is 0 Å². The smallest absolute Gasteiger partial charge is 0.270 e. The van der Waals surface area contributed by atoms with Crippen molar-refractivity contribution in [1.82, 2.24) is 20.2 Å². The third-order valence-electron chi connectivity index (χ3n) is 7.08. The van der Waals surface area contributed by atoms with Crippen LogP contribution >= 0.6 is 15.9 Å². The van der Waals surface area contributed by atoms with Crippen LogP contribution in [0.1, 0.15) is 36.7 Å². The largest absolute Gasteiger partial charge is 0.346 e. The van der Waals surface area contributed by atoms with E-state index in [1.165, 1.54) is 0 Å². The summed E-state index contributed by atoms with van der Waals surface area (Å²) in [5.41, 5.74) is 1.02. The van der Waals surface area contributed by atoms with Gasteiger partial charge >= 0.3 is 0 Å². The van der Waals surface area contributed by atoms with Gasteiger partial charge in [0, 0.05) is 48.7 Å². The molecule has 6 nitrogen and oxygen atoms in total. The quantitative estimate of drug-likeness (QED) is 0.739. The van der Waals surface area contributed by atoms with Crippen molar-refractivity contribution >= 4 is 38.6 Å². The van der Waals surface area contributed by atoms with Gasteiger partial charge in [0.1, 0.15) is 11.9 Å². The number of alkyl halides is 1. The second kappa shape index (κ2) is 7.55. The first kappa shape index (κ1) is 19.8. The van der Waals surface area contributed by atoms with Gasteiger partial charge in [0.25, 0.3) is 5.91 Å². The maximum atomic E-state index is 13.9. The monoisotopic (exact) mass is 474 g/mol. The third-order valence-corrected chi connectivity index (χ3v) is 7.66. The van der Waals surface area contributed by atoms with Gasteiger partial charge in [-0.1, -0.05) is 6.92 Å². The standard InChI is InChI=1S/C22H24BrFN4O2/c1-11-6-7-28(22(30)19-13-3-4-15(24)18(13)19)10-17(11)27-21(29)16-5-2-12-8-25-9-14(23)20(12)26-16/h2,5,8-9,11,13,15,17-19H,3-4,6-7,10H2,1H3,(H,27,29). The lowest BCUT2D eigenvalue weighted by molar-refractivity contribution is -0.135. The molecule has 0 bridgehead atoms. The van der Waals surface area contributed by atoms with E-state index < -0.39 is 6.17 Å². The molecule has 1 N–H and O–H groups in total. The molecule has 3 fully saturated rings. The van der Waals surface area contributed by atoms with Crippen LogP contribution in [0.3, 0.4) is 0 Å². The van der Waals surface area contributed by atoms with Crippen molar-refractivity contribution in [1.29, 1.82) is 0 Å². The lowest BCUT2D eigenvalue weighted by Crippen LogP contribution is -2.54. The Morgan fingerprint density at radius 2 is 2.07 bits per heavy atom. The van der Waals surface area contributed by atoms with Gasteiger partial charge in [-0.05, 0) is 59.2 Å². The first-order chi connectivity index (χ1) is 14.4. The fourth-order valence-corrected chi connectivity index (χ4v) is 5.64. The zero-order valence-electron chi connectivity index (χ0n) is 16.7. The molecule has 30 heavy (non-hydrogen) atoms. The van der Waals surface area contributed by atoms with Crippen molar-refractivity contribution in [3.63, 3.8) is 0 Å². The Morgan fingerprint density at radius 3 is 2.83 bits per heavy atom. The highest BCUT2D eigenvalue weighted by Crippen LogP contribution is 2.59. The number of nitrogens with zero attached hydrogens (tertiary/aromatic N) is 3. The van der Waals surface area contributed by atoms with Gasteiger partial charge in [-0.25, -0.2) is 9.37 Å². The molecule has 0 spiro atoms. The zero-order valence-corrected chi connectivity index (χ0v) is 18.3. The number of hydrogen-bond donors (Lipinski definition) is 1. The highest BCUT2D eigenvalue weighted by Gasteiger charge is 2.62. The van der Waals surface area contributed by atoms with E-state index in [-0.39, 0.29) is 41.5 Å². The van der Waals surface area contributed by atoms with Gasteiger partial charge in [-0.15, -0.1) is 0 Å². The second-order valence-corrected chi connectivity index (χ2v) is 9.73. The summed E-state index contributed by atoms with van der Waals surface area (Å²) in [6.45, 7) is 3.24. The lowest BCUT2D eigenvalue weighted by atomic mass is 9.92. The normalized spacial score (nSPS) is 32.7. The number of nitrogens with one attached hydrogen (secondary N) is 1. The fraction of sp³-hybridized carbons (Fsp3) is 0.545. The lowest BCUT2D eigenvalue weighted by Gasteiger charge is -2.37. The number of rotatable bonds is 3. The minimum Gasteiger partial charge on any atom is -0.346 e. The van der Waals surface area contributed by atoms with Crippen LogP contribution in [-0.2, 0) is 4.79 Å². The number of halogens is 2. The molecular formula is C22H24BrFN4O2. The van der Waals surface area contributed by atoms with E-state index in [9.17, 15) is 14.0 Å². The molecule has 3 aliphatic rings. The fourth-order valence-electron chi connectivity index (χ4n) is 5.20. The second-order valence-electron chi connectivity index (χ2n) is 8.88. The molecular weight excluding hydrogens is 451 g/mol. The summed E-state index contributed by atoms with van der Waals surface area (Å²) < 4.78 is 14.7. The van der Waals surface area contributed by atoms with Crippen LogP contribution in [0.5, 0.6) is 0 Å². The Morgan fingerprint density at radius 1 is 1.23 bits per heavy atom. The molecule has 2 amide bonds. The molecule has 6 unspecified atom stereocenters. The molecule has 6 atom stereocenters. The minimum atomic E-state index is -0.823. The number of likely N-dealkylation sites (tertiary alicyclic amines) is 1. The third kappa shape index (κ3) is 3.39. The van der Waals surface area contributed by atoms with E-state index in [4.69, 9.17) is 0 Å². The molecule has 8 heteroatoms. The van der Waals surface area contributed by atoms with Crippen molar-refractivity contribution in [2.45, 2.75) is 38.4 Å². The van der Waals surface area contributed by atoms with E-state index in [1.54, 1.807) is 18.5 Å². The van der Waals surface area contributed by atoms with E-state index in [1.807, 2.05) is 11.0 Å². The SMILES string of the molecule is CC1CCN(C(=O)C2C3CCC(F)C32)CC1NC(=O)c1ccc2cncc(Br)c2n1. The van der Waals surface area contributed by atoms with E-state index in [2.05, 4.69) is 38.1 Å². The predicted octanol–water partition coefficient (Wildman–Crippen LogP) is 3.35. The number of hydrogen-bond acceptors (Lipinski definition) is 4. The zero-order chi connectivity index (χ0) is 21.0. The molecule has 2 aromatic heterocycles. The van der Waals surface area contributed by atoms with Crippen LogP contribution in [0.15, 0.2) is 29.0 Å². The number of piperidine rings is 1. The van der Waals surface area contributed by atoms with Crippen LogP contribution in [0.4, 0.5) is 4.39 Å². The Hall–Kier alpha value is -2.09. The van der Waals surface area contributed by atoms with Gasteiger partial charge in [0.15, 0.2) is 0 Å². The Kier molecular flexibility index (Phi) is 5.00. The molecule has 158 valence electrons. The van der Waals surface area contributed by atoms with Crippen molar-refractivity contribution in [2.75, 3.05) is 13.1 Å². The van der Waals surface area contributed by atoms with Crippen LogP contribution in [0, 0.1) is 23.7 Å². The van der Waals surface area contributed by atoms with E-state index in [0.717, 1.165) is 22.7 Å². The molecule has 1 saturated heterocycles. The van der Waals surface area contributed by atoms with Crippen molar-refractivity contribution in [3.05, 3.63) is 34.7 Å². The van der Waals surface area contributed by atoms with Gasteiger partial charge in [0.2, 0.25) is 5.91 Å². The first-order valence-electron chi connectivity index (χ1n) is 10.6. The maximum absolute atomic E-state index is 13.9. The maximum Gasteiger partial charge on any atom is 0.270 e. The Bertz CT molecular complexity index is 1020. The Labute approximate surface area is 182 Å². The summed E-state index contributed by atoms with van der Waals surface area (Å²) in [5, 5.41) is 3.92. The van der Waals surface area contributed by atoms with Gasteiger partial charge < -0.3 is 10.2 Å². The van der Waals surface area contributed by atoms with Crippen LogP contribution in [-0.4, -0.2) is 52.0 Å². The molecule has 1 aliphatic heterocycles. The van der Waals surface area contributed by atoms with Gasteiger partial charge in [0.05, 0.1) is 9.99 Å². The topological polar surface area (TPSA) is 75.2 Å². The van der Waals surface area contributed by atoms with Gasteiger partial charge in [-0.3, -0.25) is 14.6 Å². The predicted molar refractivity (Wildman–Crippen MR) is 113 cm³/mol. The molecule has 2 aromatic rings. The number of carbonyl (C=O) groups excluding carboxylic acids is 2. The highest BCUT2D eigenvalue weighted by molar-refractivity contribution is 9.10. The summed E-state index contributed by atoms with van der Waals surface area (Å²) in [4.78, 5) is 36.2. The van der Waals surface area contributed by atoms with E-state index >= 15 is 0 Å². The first-order valence-corrected chi connectivity index (χ1v) is 11.4. The molecule has 2 aliphatic carbocycles. The summed E-state index contributed by atoms with van der Waals surface area (Å²) >= 11 is 3.43. The van der Waals surface area contributed by atoms with Crippen molar-refractivity contribution < 1.29 is 14.0 Å². The average molecular weight is 475 g/mol.